The lowest BCUT2D eigenvalue weighted by molar-refractivity contribution is -0.145. The molecular formula is C70H74F12N6O10S2. The van der Waals surface area contributed by atoms with Crippen molar-refractivity contribution in [3.63, 3.8) is 0 Å². The van der Waals surface area contributed by atoms with E-state index < -0.39 is 151 Å². The minimum absolute atomic E-state index is 0. The molecular weight excluding hydrogens is 1380 g/mol. The minimum Gasteiger partial charge on any atom is -0.445 e. The Labute approximate surface area is 572 Å². The Bertz CT molecular complexity index is 3800. The Morgan fingerprint density at radius 3 is 1.02 bits per heavy atom. The smallest absolute Gasteiger partial charge is 0.416 e. The van der Waals surface area contributed by atoms with Gasteiger partial charge in [-0.1, -0.05) is 136 Å². The number of benzene rings is 6. The molecule has 540 valence electrons. The van der Waals surface area contributed by atoms with Crippen molar-refractivity contribution in [2.45, 2.75) is 140 Å². The Morgan fingerprint density at radius 1 is 0.470 bits per heavy atom. The molecule has 0 radical (unpaired) electrons. The molecule has 10 rings (SSSR count). The van der Waals surface area contributed by atoms with Gasteiger partial charge in [-0.05, 0) is 122 Å². The van der Waals surface area contributed by atoms with Crippen LogP contribution in [0.4, 0.5) is 62.3 Å². The number of amides is 2. The van der Waals surface area contributed by atoms with Gasteiger partial charge in [-0.15, -0.1) is 0 Å². The number of ether oxygens (including phenoxy) is 4. The molecule has 4 fully saturated rings. The van der Waals surface area contributed by atoms with Crippen LogP contribution in [0.3, 0.4) is 0 Å². The maximum Gasteiger partial charge on any atom is 0.416 e. The summed E-state index contributed by atoms with van der Waals surface area (Å²) in [4.78, 5) is 30.6. The van der Waals surface area contributed by atoms with E-state index in [1.807, 2.05) is 0 Å². The molecule has 2 amide bonds. The molecule has 30 heteroatoms. The van der Waals surface area contributed by atoms with Crippen LogP contribution in [0.25, 0.3) is 0 Å². The first kappa shape index (κ1) is 79.1. The second kappa shape index (κ2) is 30.9. The number of halogens is 12. The number of nitrogens with zero attached hydrogens (tertiary/aromatic N) is 6. The highest BCUT2D eigenvalue weighted by molar-refractivity contribution is 7.89. The summed E-state index contributed by atoms with van der Waals surface area (Å²) >= 11 is 0. The van der Waals surface area contributed by atoms with Crippen molar-refractivity contribution in [1.29, 1.82) is 10.5 Å². The Balaban J connectivity index is 0.000000275. The monoisotopic (exact) mass is 1450 g/mol. The molecule has 4 saturated heterocycles. The third-order valence-electron chi connectivity index (χ3n) is 18.1. The van der Waals surface area contributed by atoms with Crippen LogP contribution >= 0.6 is 0 Å². The summed E-state index contributed by atoms with van der Waals surface area (Å²) in [5, 5.41) is 21.0. The van der Waals surface area contributed by atoms with Crippen molar-refractivity contribution in [2.75, 3.05) is 50.9 Å². The van der Waals surface area contributed by atoms with Gasteiger partial charge in [0.1, 0.15) is 24.3 Å². The highest BCUT2D eigenvalue weighted by Crippen LogP contribution is 2.49. The number of likely N-dealkylation sites (tertiary alicyclic amines) is 2. The topological polar surface area (TPSA) is 200 Å². The van der Waals surface area contributed by atoms with Crippen molar-refractivity contribution in [1.82, 2.24) is 18.4 Å². The largest absolute Gasteiger partial charge is 0.445 e. The van der Waals surface area contributed by atoms with E-state index in [1.54, 1.807) is 121 Å². The van der Waals surface area contributed by atoms with Crippen molar-refractivity contribution in [3.05, 3.63) is 213 Å². The van der Waals surface area contributed by atoms with Crippen molar-refractivity contribution < 1.29 is 98.1 Å². The molecule has 0 unspecified atom stereocenters. The summed E-state index contributed by atoms with van der Waals surface area (Å²) < 4.78 is 242. The fourth-order valence-corrected chi connectivity index (χ4v) is 16.5. The highest BCUT2D eigenvalue weighted by atomic mass is 32.2. The Morgan fingerprint density at radius 2 is 0.760 bits per heavy atom. The predicted octanol–water partition coefficient (Wildman–Crippen LogP) is 16.1. The van der Waals surface area contributed by atoms with Gasteiger partial charge in [-0.3, -0.25) is 9.80 Å². The Hall–Kier alpha value is -8.26. The molecule has 16 nitrogen and oxygen atoms in total. The van der Waals surface area contributed by atoms with E-state index in [2.05, 4.69) is 12.1 Å². The van der Waals surface area contributed by atoms with Crippen molar-refractivity contribution in [2.24, 2.45) is 0 Å². The van der Waals surface area contributed by atoms with Gasteiger partial charge >= 0.3 is 36.9 Å². The van der Waals surface area contributed by atoms with E-state index in [9.17, 15) is 89.6 Å². The van der Waals surface area contributed by atoms with E-state index >= 15 is 0 Å². The molecule has 6 atom stereocenters. The molecule has 4 aliphatic heterocycles. The number of carbonyl (C=O) groups is 2. The molecule has 0 N–H and O–H groups in total. The molecule has 0 bridgehead atoms. The molecule has 4 aliphatic rings. The third-order valence-corrected chi connectivity index (χ3v) is 22.1. The van der Waals surface area contributed by atoms with Crippen molar-refractivity contribution >= 4 is 32.2 Å². The number of nitriles is 2. The average molecular weight is 1450 g/mol. The molecule has 0 aromatic heterocycles. The zero-order valence-corrected chi connectivity index (χ0v) is 54.2. The maximum absolute atomic E-state index is 14.1. The fourth-order valence-electron chi connectivity index (χ4n) is 12.8. The number of rotatable bonds is 16. The van der Waals surface area contributed by atoms with Gasteiger partial charge in [0.15, 0.2) is 0 Å². The lowest BCUT2D eigenvalue weighted by Gasteiger charge is -2.53. The number of hydrogen-bond donors (Lipinski definition) is 0. The summed E-state index contributed by atoms with van der Waals surface area (Å²) in [5.74, 6) is -0.341. The zero-order chi connectivity index (χ0) is 71.3. The standard InChI is InChI=1S/2C34H33F6N3O5S.2CH4/c2*1-24(26-17-28(33(35,36)37)19-29(18-26)34(38,39)40)48-23-32(27-11-6-3-7-12-27)14-13-31(21-41,43-15-8-16-49(43,45)46)22-42(32)30(44)47-20-25-9-4-2-5-10-25;;/h2*2-7,9-12,17-19,24H,8,13-16,20,22-23H2,1H3;2*1H4/t2*24-,31-,32-;;/m11../s1. The van der Waals surface area contributed by atoms with Crippen molar-refractivity contribution in [3.8, 4) is 12.1 Å². The molecule has 6 aromatic rings. The van der Waals surface area contributed by atoms with E-state index in [1.165, 1.54) is 23.6 Å². The third kappa shape index (κ3) is 17.4. The van der Waals surface area contributed by atoms with E-state index in [4.69, 9.17) is 18.9 Å². The zero-order valence-electron chi connectivity index (χ0n) is 52.6. The number of piperidine rings is 2. The number of hydrogen-bond acceptors (Lipinski definition) is 12. The van der Waals surface area contributed by atoms with Crippen LogP contribution in [0.1, 0.15) is 135 Å². The highest BCUT2D eigenvalue weighted by Gasteiger charge is 2.59. The molecule has 0 saturated carbocycles. The quantitative estimate of drug-likeness (QED) is 0.0832. The second-order valence-electron chi connectivity index (χ2n) is 24.4. The summed E-state index contributed by atoms with van der Waals surface area (Å²) in [6.07, 6.45) is -24.4. The normalized spacial score (nSPS) is 23.0. The van der Waals surface area contributed by atoms with Gasteiger partial charge in [0.25, 0.3) is 0 Å². The van der Waals surface area contributed by atoms with Crippen LogP contribution in [0.2, 0.25) is 0 Å². The van der Waals surface area contributed by atoms with E-state index in [0.29, 0.717) is 46.5 Å². The summed E-state index contributed by atoms with van der Waals surface area (Å²) in [6, 6.07) is 40.9. The molecule has 6 aromatic carbocycles. The van der Waals surface area contributed by atoms with Crippen LogP contribution < -0.4 is 0 Å². The average Bonchev–Trinajstić information content (AvgIpc) is 1.70. The predicted molar refractivity (Wildman–Crippen MR) is 343 cm³/mol. The van der Waals surface area contributed by atoms with Crippen LogP contribution in [-0.2, 0) is 88.0 Å². The number of carbonyl (C=O) groups excluding carboxylic acids is 2. The lowest BCUT2D eigenvalue weighted by atomic mass is 9.75. The molecule has 0 aliphatic carbocycles. The van der Waals surface area contributed by atoms with Crippen LogP contribution in [-0.4, -0.2) is 109 Å². The fraction of sp³-hybridized carbons (Fsp3) is 0.429. The SMILES string of the molecule is C.C.C[C@@H](OC[C@@]1(c2ccccc2)CC[C@](C#N)(N2CCCS2(=O)=O)CN1C(=O)OCc1ccccc1)c1cc(C(F)(F)F)cc(C(F)(F)F)c1.C[C@@H](OC[C@@]1(c2ccccc2)CC[C@](C#N)(N2CCCS2(=O)=O)CN1C(=O)OCc1ccccc1)c1cc(C(F)(F)F)cc(C(F)(F)F)c1. The molecule has 0 spiro atoms. The summed E-state index contributed by atoms with van der Waals surface area (Å²) in [7, 11) is -7.68. The molecule has 100 heavy (non-hydrogen) atoms. The van der Waals surface area contributed by atoms with Crippen LogP contribution in [0, 0.1) is 22.7 Å². The summed E-state index contributed by atoms with van der Waals surface area (Å²) in [5.41, 5.74) is -10.8. The van der Waals surface area contributed by atoms with E-state index in [-0.39, 0.29) is 103 Å². The van der Waals surface area contributed by atoms with Gasteiger partial charge in [0.05, 0.1) is 95.5 Å². The first-order valence-electron chi connectivity index (χ1n) is 30.7. The minimum atomic E-state index is -5.07. The summed E-state index contributed by atoms with van der Waals surface area (Å²) in [6.45, 7) is 0.605. The number of sulfonamides is 2. The maximum atomic E-state index is 14.1. The van der Waals surface area contributed by atoms with Crippen LogP contribution in [0.5, 0.6) is 0 Å². The van der Waals surface area contributed by atoms with Gasteiger partial charge in [-0.25, -0.2) is 26.4 Å². The van der Waals surface area contributed by atoms with Crippen LogP contribution in [0.15, 0.2) is 158 Å². The first-order chi connectivity index (χ1) is 46.0. The Kier molecular flexibility index (Phi) is 24.4. The lowest BCUT2D eigenvalue weighted by Crippen LogP contribution is -2.66. The van der Waals surface area contributed by atoms with E-state index in [0.717, 1.165) is 8.61 Å². The number of alkyl halides is 12. The van der Waals surface area contributed by atoms with Gasteiger partial charge in [-0.2, -0.15) is 71.8 Å². The van der Waals surface area contributed by atoms with Gasteiger partial charge < -0.3 is 18.9 Å². The molecule has 4 heterocycles. The van der Waals surface area contributed by atoms with Gasteiger partial charge in [0, 0.05) is 13.1 Å². The van der Waals surface area contributed by atoms with Gasteiger partial charge in [0.2, 0.25) is 20.0 Å². The first-order valence-corrected chi connectivity index (χ1v) is 34.0. The second-order valence-corrected chi connectivity index (χ2v) is 28.4.